The Kier molecular flexibility index (Phi) is 15.0. The number of ether oxygens (including phenoxy) is 2. The Balaban J connectivity index is 1.28. The third-order valence-corrected chi connectivity index (χ3v) is 16.3. The van der Waals surface area contributed by atoms with Gasteiger partial charge in [-0.05, 0) is 135 Å². The number of hydrogen-bond acceptors (Lipinski definition) is 11. The van der Waals surface area contributed by atoms with Crippen molar-refractivity contribution in [2.24, 2.45) is 98.6 Å². The van der Waals surface area contributed by atoms with Crippen LogP contribution in [0, 0.1) is 82.9 Å². The molecule has 0 aromatic heterocycles. The van der Waals surface area contributed by atoms with Crippen LogP contribution in [0.4, 0.5) is 0 Å². The number of rotatable bonds is 11. The minimum Gasteiger partial charge on any atom is -0.392 e. The molecule has 0 bridgehead atoms. The second-order valence-corrected chi connectivity index (χ2v) is 20.3. The van der Waals surface area contributed by atoms with E-state index in [-0.39, 0.29) is 102 Å². The molecule has 8 N–H and O–H groups in total. The number of aliphatic imine (C=N–C) groups is 2. The summed E-state index contributed by atoms with van der Waals surface area (Å²) in [4.78, 5) is 21.3. The highest BCUT2D eigenvalue weighted by Crippen LogP contribution is 2.59. The summed E-state index contributed by atoms with van der Waals surface area (Å²) in [6.45, 7) is 12.6. The lowest BCUT2D eigenvalue weighted by molar-refractivity contribution is -0.217. The highest BCUT2D eigenvalue weighted by atomic mass is 16.5. The summed E-state index contributed by atoms with van der Waals surface area (Å²) in [5.41, 5.74) is 5.28. The average Bonchev–Trinajstić information content (AvgIpc) is 3.16. The fourth-order valence-electron chi connectivity index (χ4n) is 13.7. The predicted molar refractivity (Wildman–Crippen MR) is 219 cm³/mol. The lowest BCUT2D eigenvalue weighted by atomic mass is 9.46. The first-order chi connectivity index (χ1) is 27.0. The van der Waals surface area contributed by atoms with E-state index < -0.39 is 54.4 Å². The molecular weight excluding hydrogens is 727 g/mol. The standard InChI is InChI=1S/C45H77N3O9/c1-21(2)34-29-16-23(5)36(42(52)38(29)31(40(50)44(34)54)18-47-25-8-12-27(56-7)13-9-25)37-24(6)17-30-35(22(3)4)45(55)41(51)32(39(30)43(37)53)19-48-26-10-14-28(15-11-26)57-20-33(46)49/h18-19,21-32,34-45,50-55H,8-17,20H2,1-7H3,(H2,46,49). The maximum absolute atomic E-state index is 12.8. The van der Waals surface area contributed by atoms with Gasteiger partial charge in [-0.2, -0.15) is 0 Å². The third-order valence-electron chi connectivity index (χ3n) is 16.3. The summed E-state index contributed by atoms with van der Waals surface area (Å²) in [6.07, 6.45) is 6.34. The zero-order valence-corrected chi connectivity index (χ0v) is 35.7. The van der Waals surface area contributed by atoms with E-state index in [0.29, 0.717) is 0 Å². The quantitative estimate of drug-likeness (QED) is 0.152. The molecule has 1 amide bonds. The first-order valence-corrected chi connectivity index (χ1v) is 22.6. The van der Waals surface area contributed by atoms with Crippen LogP contribution in [-0.2, 0) is 14.3 Å². The zero-order valence-electron chi connectivity index (χ0n) is 35.7. The second-order valence-electron chi connectivity index (χ2n) is 20.3. The Morgan fingerprint density at radius 1 is 0.614 bits per heavy atom. The molecule has 18 unspecified atom stereocenters. The van der Waals surface area contributed by atoms with Gasteiger partial charge in [0.1, 0.15) is 6.61 Å². The van der Waals surface area contributed by atoms with Crippen molar-refractivity contribution in [2.75, 3.05) is 13.7 Å². The van der Waals surface area contributed by atoms with Gasteiger partial charge in [-0.3, -0.25) is 14.8 Å². The van der Waals surface area contributed by atoms with Gasteiger partial charge < -0.3 is 45.8 Å². The molecule has 18 atom stereocenters. The summed E-state index contributed by atoms with van der Waals surface area (Å²) in [7, 11) is 1.75. The molecule has 6 fully saturated rings. The molecule has 12 nitrogen and oxygen atoms in total. The van der Waals surface area contributed by atoms with Crippen LogP contribution in [0.25, 0.3) is 0 Å². The Morgan fingerprint density at radius 2 is 1.00 bits per heavy atom. The van der Waals surface area contributed by atoms with Gasteiger partial charge >= 0.3 is 0 Å². The molecule has 0 radical (unpaired) electrons. The lowest BCUT2D eigenvalue weighted by Crippen LogP contribution is -2.66. The molecule has 12 heteroatoms. The highest BCUT2D eigenvalue weighted by molar-refractivity contribution is 5.75. The van der Waals surface area contributed by atoms with Crippen LogP contribution in [0.5, 0.6) is 0 Å². The van der Waals surface area contributed by atoms with Crippen molar-refractivity contribution in [2.45, 2.75) is 167 Å². The number of methoxy groups -OCH3 is 1. The summed E-state index contributed by atoms with van der Waals surface area (Å²) < 4.78 is 11.2. The normalized spacial score (nSPS) is 49.7. The first kappa shape index (κ1) is 45.0. The Hall–Kier alpha value is -1.51. The van der Waals surface area contributed by atoms with Crippen LogP contribution in [0.1, 0.15) is 106 Å². The first-order valence-electron chi connectivity index (χ1n) is 22.6. The van der Waals surface area contributed by atoms with Crippen molar-refractivity contribution in [3.63, 3.8) is 0 Å². The minimum atomic E-state index is -1.10. The molecule has 326 valence electrons. The molecule has 6 rings (SSSR count). The molecule has 0 spiro atoms. The van der Waals surface area contributed by atoms with Crippen molar-refractivity contribution in [1.82, 2.24) is 0 Å². The van der Waals surface area contributed by atoms with E-state index in [2.05, 4.69) is 41.5 Å². The fourth-order valence-corrected chi connectivity index (χ4v) is 13.7. The molecule has 0 aromatic rings. The summed E-state index contributed by atoms with van der Waals surface area (Å²) >= 11 is 0. The van der Waals surface area contributed by atoms with Gasteiger partial charge in [0.15, 0.2) is 0 Å². The van der Waals surface area contributed by atoms with Crippen molar-refractivity contribution in [3.8, 4) is 0 Å². The van der Waals surface area contributed by atoms with Crippen LogP contribution in [0.2, 0.25) is 0 Å². The second kappa shape index (κ2) is 19.0. The van der Waals surface area contributed by atoms with Gasteiger partial charge in [0.2, 0.25) is 5.91 Å². The number of aliphatic hydroxyl groups is 6. The fraction of sp³-hybridized carbons (Fsp3) is 0.933. The number of fused-ring (bicyclic) bond motifs is 2. The SMILES string of the molecule is COC1CCC(N=CC2C(O)C(O)C(C(C)C)C3CC(C)C(C4C(C)CC5C(C(C)C)C(O)C(O)C(C=NC6CCC(OCC(N)=O)CC6)C5C4O)C(O)C23)CC1. The number of nitrogens with zero attached hydrogens (tertiary/aromatic N) is 2. The predicted octanol–water partition coefficient (Wildman–Crippen LogP) is 3.64. The smallest absolute Gasteiger partial charge is 0.243 e. The Labute approximate surface area is 341 Å². The monoisotopic (exact) mass is 804 g/mol. The van der Waals surface area contributed by atoms with Crippen molar-refractivity contribution < 1.29 is 44.9 Å². The number of nitrogens with two attached hydrogens (primary N) is 1. The van der Waals surface area contributed by atoms with Gasteiger partial charge in [-0.15, -0.1) is 0 Å². The van der Waals surface area contributed by atoms with E-state index in [1.807, 2.05) is 12.4 Å². The van der Waals surface area contributed by atoms with Gasteiger partial charge in [0, 0.05) is 43.5 Å². The maximum Gasteiger partial charge on any atom is 0.243 e. The van der Waals surface area contributed by atoms with Crippen LogP contribution < -0.4 is 5.73 Å². The van der Waals surface area contributed by atoms with Gasteiger partial charge in [0.05, 0.1) is 48.8 Å². The summed E-state index contributed by atoms with van der Waals surface area (Å²) in [5.74, 6) is -3.07. The van der Waals surface area contributed by atoms with E-state index in [1.165, 1.54) is 0 Å². The van der Waals surface area contributed by atoms with E-state index in [9.17, 15) is 35.4 Å². The molecule has 0 aromatic carbocycles. The molecular formula is C45H77N3O9. The highest BCUT2D eigenvalue weighted by Gasteiger charge is 2.62. The molecule has 0 heterocycles. The minimum absolute atomic E-state index is 0.00668. The number of carbonyl (C=O) groups excluding carboxylic acids is 1. The zero-order chi connectivity index (χ0) is 41.5. The van der Waals surface area contributed by atoms with Crippen LogP contribution in [0.15, 0.2) is 9.98 Å². The molecule has 6 aliphatic rings. The van der Waals surface area contributed by atoms with E-state index >= 15 is 0 Å². The van der Waals surface area contributed by atoms with Crippen molar-refractivity contribution in [1.29, 1.82) is 0 Å². The molecule has 6 aliphatic carbocycles. The largest absolute Gasteiger partial charge is 0.392 e. The van der Waals surface area contributed by atoms with Crippen molar-refractivity contribution in [3.05, 3.63) is 0 Å². The van der Waals surface area contributed by atoms with E-state index in [1.54, 1.807) is 7.11 Å². The van der Waals surface area contributed by atoms with Crippen LogP contribution in [0.3, 0.4) is 0 Å². The van der Waals surface area contributed by atoms with Crippen molar-refractivity contribution >= 4 is 18.3 Å². The number of amides is 1. The Bertz CT molecular complexity index is 1370. The number of carbonyl (C=O) groups is 1. The van der Waals surface area contributed by atoms with E-state index in [4.69, 9.17) is 25.2 Å². The Morgan fingerprint density at radius 3 is 1.35 bits per heavy atom. The number of primary amides is 1. The van der Waals surface area contributed by atoms with Gasteiger partial charge in [-0.1, -0.05) is 41.5 Å². The van der Waals surface area contributed by atoms with Gasteiger partial charge in [0.25, 0.3) is 0 Å². The average molecular weight is 804 g/mol. The van der Waals surface area contributed by atoms with Gasteiger partial charge in [-0.25, -0.2) is 0 Å². The topological polar surface area (TPSA) is 208 Å². The summed E-state index contributed by atoms with van der Waals surface area (Å²) in [6, 6.07) is 0.118. The molecule has 0 saturated heterocycles. The third kappa shape index (κ3) is 9.24. The van der Waals surface area contributed by atoms with E-state index in [0.717, 1.165) is 64.2 Å². The van der Waals surface area contributed by atoms with Crippen LogP contribution >= 0.6 is 0 Å². The molecule has 57 heavy (non-hydrogen) atoms. The number of hydrogen-bond donors (Lipinski definition) is 7. The molecule has 6 saturated carbocycles. The summed E-state index contributed by atoms with van der Waals surface area (Å²) in [5, 5.41) is 72.6. The lowest BCUT2D eigenvalue weighted by Gasteiger charge is -2.61. The molecule has 0 aliphatic heterocycles. The number of aliphatic hydroxyl groups excluding tert-OH is 6. The maximum atomic E-state index is 12.8. The van der Waals surface area contributed by atoms with Crippen LogP contribution in [-0.4, -0.2) is 124 Å².